The minimum atomic E-state index is 0.682. The SMILES string of the molecule is Clc1cccnc1NCCC1=CCNCC1. The molecular weight excluding hydrogens is 222 g/mol. The van der Waals surface area contributed by atoms with Crippen molar-refractivity contribution in [2.24, 2.45) is 0 Å². The van der Waals surface area contributed by atoms with Gasteiger partial charge < -0.3 is 10.6 Å². The molecule has 86 valence electrons. The largest absolute Gasteiger partial charge is 0.369 e. The van der Waals surface area contributed by atoms with Crippen LogP contribution in [0.4, 0.5) is 5.82 Å². The van der Waals surface area contributed by atoms with E-state index in [1.807, 2.05) is 12.1 Å². The van der Waals surface area contributed by atoms with Gasteiger partial charge in [-0.2, -0.15) is 0 Å². The van der Waals surface area contributed by atoms with Gasteiger partial charge in [0.25, 0.3) is 0 Å². The molecule has 2 heterocycles. The second-order valence-corrected chi connectivity index (χ2v) is 4.23. The molecule has 0 unspecified atom stereocenters. The van der Waals surface area contributed by atoms with Gasteiger partial charge in [-0.1, -0.05) is 23.3 Å². The van der Waals surface area contributed by atoms with Crippen molar-refractivity contribution in [2.75, 3.05) is 25.0 Å². The van der Waals surface area contributed by atoms with Crippen LogP contribution in [0.1, 0.15) is 12.8 Å². The highest BCUT2D eigenvalue weighted by Gasteiger charge is 2.03. The van der Waals surface area contributed by atoms with Crippen LogP contribution in [0.2, 0.25) is 5.02 Å². The molecule has 0 saturated heterocycles. The molecular formula is C12H16ClN3. The summed E-state index contributed by atoms with van der Waals surface area (Å²) in [6, 6.07) is 3.68. The zero-order chi connectivity index (χ0) is 11.2. The predicted molar refractivity (Wildman–Crippen MR) is 67.9 cm³/mol. The molecule has 2 N–H and O–H groups in total. The van der Waals surface area contributed by atoms with E-state index < -0.39 is 0 Å². The molecule has 0 bridgehead atoms. The molecule has 0 atom stereocenters. The zero-order valence-corrected chi connectivity index (χ0v) is 9.93. The van der Waals surface area contributed by atoms with E-state index in [4.69, 9.17) is 11.6 Å². The summed E-state index contributed by atoms with van der Waals surface area (Å²) in [4.78, 5) is 4.19. The smallest absolute Gasteiger partial charge is 0.144 e. The lowest BCUT2D eigenvalue weighted by Gasteiger charge is -2.14. The molecule has 0 radical (unpaired) electrons. The number of nitrogens with zero attached hydrogens (tertiary/aromatic N) is 1. The van der Waals surface area contributed by atoms with Crippen LogP contribution in [-0.4, -0.2) is 24.6 Å². The number of rotatable bonds is 4. The van der Waals surface area contributed by atoms with Gasteiger partial charge in [-0.15, -0.1) is 0 Å². The van der Waals surface area contributed by atoms with E-state index in [1.54, 1.807) is 6.20 Å². The van der Waals surface area contributed by atoms with Gasteiger partial charge in [0.15, 0.2) is 0 Å². The first-order chi connectivity index (χ1) is 7.86. The third-order valence-electron chi connectivity index (χ3n) is 2.66. The lowest BCUT2D eigenvalue weighted by molar-refractivity contribution is 0.683. The molecule has 0 amide bonds. The van der Waals surface area contributed by atoms with Gasteiger partial charge in [-0.3, -0.25) is 0 Å². The summed E-state index contributed by atoms with van der Waals surface area (Å²) in [6.45, 7) is 2.98. The monoisotopic (exact) mass is 237 g/mol. The highest BCUT2D eigenvalue weighted by atomic mass is 35.5. The molecule has 1 aliphatic rings. The lowest BCUT2D eigenvalue weighted by atomic mass is 10.1. The van der Waals surface area contributed by atoms with Gasteiger partial charge in [0.05, 0.1) is 5.02 Å². The standard InChI is InChI=1S/C12H16ClN3/c13-11-2-1-6-15-12(11)16-9-5-10-3-7-14-8-4-10/h1-3,6,14H,4-5,7-9H2,(H,15,16). The Kier molecular flexibility index (Phi) is 4.19. The summed E-state index contributed by atoms with van der Waals surface area (Å²) in [7, 11) is 0. The van der Waals surface area contributed by atoms with Gasteiger partial charge in [-0.25, -0.2) is 4.98 Å². The molecule has 16 heavy (non-hydrogen) atoms. The lowest BCUT2D eigenvalue weighted by Crippen LogP contribution is -2.21. The third-order valence-corrected chi connectivity index (χ3v) is 2.96. The van der Waals surface area contributed by atoms with Gasteiger partial charge in [-0.05, 0) is 31.5 Å². The maximum absolute atomic E-state index is 6.00. The number of pyridine rings is 1. The Bertz CT molecular complexity index is 376. The summed E-state index contributed by atoms with van der Waals surface area (Å²) in [5, 5.41) is 7.24. The Morgan fingerprint density at radius 1 is 1.50 bits per heavy atom. The quantitative estimate of drug-likeness (QED) is 0.790. The van der Waals surface area contributed by atoms with E-state index in [0.29, 0.717) is 5.02 Å². The van der Waals surface area contributed by atoms with Crippen LogP contribution < -0.4 is 10.6 Å². The second-order valence-electron chi connectivity index (χ2n) is 3.83. The van der Waals surface area contributed by atoms with E-state index in [1.165, 1.54) is 5.57 Å². The molecule has 0 spiro atoms. The summed E-state index contributed by atoms with van der Waals surface area (Å²) < 4.78 is 0. The van der Waals surface area contributed by atoms with Crippen LogP contribution in [0, 0.1) is 0 Å². The molecule has 2 rings (SSSR count). The molecule has 0 saturated carbocycles. The van der Waals surface area contributed by atoms with Gasteiger partial charge in [0, 0.05) is 19.3 Å². The van der Waals surface area contributed by atoms with Crippen molar-refractivity contribution in [1.82, 2.24) is 10.3 Å². The summed E-state index contributed by atoms with van der Waals surface area (Å²) >= 11 is 6.00. The maximum Gasteiger partial charge on any atom is 0.144 e. The Balaban J connectivity index is 1.80. The fourth-order valence-electron chi connectivity index (χ4n) is 1.75. The van der Waals surface area contributed by atoms with E-state index in [9.17, 15) is 0 Å². The Labute approximate surface area is 101 Å². The first-order valence-electron chi connectivity index (χ1n) is 5.59. The molecule has 4 heteroatoms. The van der Waals surface area contributed by atoms with E-state index in [2.05, 4.69) is 21.7 Å². The van der Waals surface area contributed by atoms with Gasteiger partial charge in [0.2, 0.25) is 0 Å². The van der Waals surface area contributed by atoms with Crippen molar-refractivity contribution < 1.29 is 0 Å². The number of hydrogen-bond donors (Lipinski definition) is 2. The van der Waals surface area contributed by atoms with Crippen LogP contribution in [0.25, 0.3) is 0 Å². The molecule has 1 aliphatic heterocycles. The van der Waals surface area contributed by atoms with Crippen LogP contribution >= 0.6 is 11.6 Å². The Morgan fingerprint density at radius 2 is 2.44 bits per heavy atom. The predicted octanol–water partition coefficient (Wildman–Crippen LogP) is 2.46. The summed E-state index contributed by atoms with van der Waals surface area (Å²) in [5.74, 6) is 0.777. The number of halogens is 1. The van der Waals surface area contributed by atoms with Crippen LogP contribution in [-0.2, 0) is 0 Å². The molecule has 0 fully saturated rings. The third kappa shape index (κ3) is 3.22. The van der Waals surface area contributed by atoms with E-state index in [-0.39, 0.29) is 0 Å². The van der Waals surface area contributed by atoms with Crippen molar-refractivity contribution >= 4 is 17.4 Å². The normalized spacial score (nSPS) is 15.7. The minimum Gasteiger partial charge on any atom is -0.369 e. The number of aromatic nitrogens is 1. The first-order valence-corrected chi connectivity index (χ1v) is 5.97. The van der Waals surface area contributed by atoms with E-state index in [0.717, 1.165) is 38.3 Å². The fraction of sp³-hybridized carbons (Fsp3) is 0.417. The maximum atomic E-state index is 6.00. The second kappa shape index (κ2) is 5.87. The fourth-order valence-corrected chi connectivity index (χ4v) is 1.94. The number of nitrogens with one attached hydrogen (secondary N) is 2. The first kappa shape index (κ1) is 11.4. The minimum absolute atomic E-state index is 0.682. The van der Waals surface area contributed by atoms with Crippen molar-refractivity contribution in [3.63, 3.8) is 0 Å². The topological polar surface area (TPSA) is 37.0 Å². The average molecular weight is 238 g/mol. The van der Waals surface area contributed by atoms with Crippen molar-refractivity contribution in [2.45, 2.75) is 12.8 Å². The van der Waals surface area contributed by atoms with Gasteiger partial charge in [0.1, 0.15) is 5.82 Å². The summed E-state index contributed by atoms with van der Waals surface area (Å²) in [6.07, 6.45) is 6.23. The van der Waals surface area contributed by atoms with Crippen molar-refractivity contribution in [1.29, 1.82) is 0 Å². The zero-order valence-electron chi connectivity index (χ0n) is 9.17. The highest BCUT2D eigenvalue weighted by Crippen LogP contribution is 2.18. The molecule has 1 aromatic rings. The average Bonchev–Trinajstić information content (AvgIpc) is 2.33. The number of anilines is 1. The summed E-state index contributed by atoms with van der Waals surface area (Å²) in [5.41, 5.74) is 1.51. The Hall–Kier alpha value is -1.06. The van der Waals surface area contributed by atoms with Gasteiger partial charge >= 0.3 is 0 Å². The van der Waals surface area contributed by atoms with E-state index >= 15 is 0 Å². The molecule has 0 aromatic carbocycles. The van der Waals surface area contributed by atoms with Crippen molar-refractivity contribution in [3.05, 3.63) is 35.0 Å². The molecule has 0 aliphatic carbocycles. The number of hydrogen-bond acceptors (Lipinski definition) is 3. The van der Waals surface area contributed by atoms with Crippen LogP contribution in [0.15, 0.2) is 30.0 Å². The van der Waals surface area contributed by atoms with Crippen LogP contribution in [0.5, 0.6) is 0 Å². The Morgan fingerprint density at radius 3 is 3.19 bits per heavy atom. The van der Waals surface area contributed by atoms with Crippen LogP contribution in [0.3, 0.4) is 0 Å². The molecule has 3 nitrogen and oxygen atoms in total. The molecule has 1 aromatic heterocycles. The van der Waals surface area contributed by atoms with Crippen molar-refractivity contribution in [3.8, 4) is 0 Å². The highest BCUT2D eigenvalue weighted by molar-refractivity contribution is 6.32.